The van der Waals surface area contributed by atoms with Crippen LogP contribution in [0.5, 0.6) is 0 Å². The number of nitrogens with zero attached hydrogens (tertiary/aromatic N) is 2. The summed E-state index contributed by atoms with van der Waals surface area (Å²) in [5.74, 6) is 0.904. The van der Waals surface area contributed by atoms with E-state index in [4.69, 9.17) is 0 Å². The number of carbonyl (C=O) groups is 1. The molecule has 0 unspecified atom stereocenters. The molecule has 0 aliphatic carbocycles. The van der Waals surface area contributed by atoms with Gasteiger partial charge in [0.15, 0.2) is 0 Å². The summed E-state index contributed by atoms with van der Waals surface area (Å²) in [4.78, 5) is 17.8. The van der Waals surface area contributed by atoms with E-state index in [0.717, 1.165) is 30.2 Å². The van der Waals surface area contributed by atoms with Crippen LogP contribution >= 0.6 is 0 Å². The molecular formula is C31H50F3N3O. The third-order valence-corrected chi connectivity index (χ3v) is 4.59. The maximum Gasteiger partial charge on any atom is 0.412 e. The molecule has 0 radical (unpaired) electrons. The van der Waals surface area contributed by atoms with Crippen molar-refractivity contribution in [3.05, 3.63) is 77.9 Å². The predicted molar refractivity (Wildman–Crippen MR) is 157 cm³/mol. The lowest BCUT2D eigenvalue weighted by atomic mass is 10.1. The molecule has 1 N–H and O–H groups in total. The largest absolute Gasteiger partial charge is 0.412 e. The molecule has 2 aromatic heterocycles. The van der Waals surface area contributed by atoms with Gasteiger partial charge in [0.25, 0.3) is 0 Å². The summed E-state index contributed by atoms with van der Waals surface area (Å²) in [7, 11) is 0. The number of hydrogen-bond donors (Lipinski definition) is 1. The predicted octanol–water partition coefficient (Wildman–Crippen LogP) is 9.51. The number of halogens is 3. The van der Waals surface area contributed by atoms with Crippen LogP contribution in [0.3, 0.4) is 0 Å². The maximum absolute atomic E-state index is 12.2. The van der Waals surface area contributed by atoms with Gasteiger partial charge in [-0.1, -0.05) is 92.9 Å². The van der Waals surface area contributed by atoms with Crippen LogP contribution in [-0.4, -0.2) is 22.6 Å². The topological polar surface area (TPSA) is 54.9 Å². The van der Waals surface area contributed by atoms with E-state index in [9.17, 15) is 18.0 Å². The van der Waals surface area contributed by atoms with E-state index in [1.54, 1.807) is 24.5 Å². The van der Waals surface area contributed by atoms with Crippen LogP contribution in [0.4, 0.5) is 13.2 Å². The Morgan fingerprint density at radius 1 is 1.08 bits per heavy atom. The zero-order valence-corrected chi connectivity index (χ0v) is 25.0. The second-order valence-electron chi connectivity index (χ2n) is 8.31. The average Bonchev–Trinajstić information content (AvgIpc) is 2.91. The smallest absolute Gasteiger partial charge is 0.353 e. The van der Waals surface area contributed by atoms with Crippen LogP contribution in [0.25, 0.3) is 5.57 Å². The number of alkyl halides is 3. The summed E-state index contributed by atoms with van der Waals surface area (Å²) < 4.78 is 36.6. The van der Waals surface area contributed by atoms with E-state index in [1.165, 1.54) is 31.9 Å². The van der Waals surface area contributed by atoms with Crippen LogP contribution in [0.15, 0.2) is 61.1 Å². The first-order valence-electron chi connectivity index (χ1n) is 13.4. The van der Waals surface area contributed by atoms with Gasteiger partial charge in [-0.2, -0.15) is 13.2 Å². The third-order valence-electron chi connectivity index (χ3n) is 4.59. The number of amides is 1. The second kappa shape index (κ2) is 25.7. The molecule has 1 amide bonds. The monoisotopic (exact) mass is 537 g/mol. The highest BCUT2D eigenvalue weighted by atomic mass is 19.4. The number of aryl methyl sites for hydroxylation is 1. The fourth-order valence-corrected chi connectivity index (χ4v) is 2.53. The van der Waals surface area contributed by atoms with Crippen molar-refractivity contribution >= 4 is 12.0 Å². The highest BCUT2D eigenvalue weighted by Gasteiger charge is 2.29. The van der Waals surface area contributed by atoms with Crippen LogP contribution in [-0.2, 0) is 11.3 Å². The highest BCUT2D eigenvalue weighted by Crippen LogP contribution is 2.27. The Labute approximate surface area is 229 Å². The van der Waals surface area contributed by atoms with Crippen molar-refractivity contribution in [3.8, 4) is 0 Å². The Hall–Kier alpha value is -2.96. The summed E-state index contributed by atoms with van der Waals surface area (Å²) in [5, 5.41) is 2.54. The van der Waals surface area contributed by atoms with Crippen molar-refractivity contribution in [2.24, 2.45) is 5.92 Å². The Kier molecular flexibility index (Phi) is 26.7. The standard InChI is InChI=1S/C11H10F3N.C8H10N2O.C8H18.2C2H6/c1-8(6-9(2)11(12,13)14)10-4-3-5-15-7-10;1-7-2-3-8(10-4-7)5-9-6-11;1-4-5-6-7-8(2)3;2*1-2/h3-7H,1H2,2H3;2-4,6H,5H2,1H3,(H,9,11);8H,4-7H2,1-3H3;2*1-2H3/b9-6+;;;;. The average molecular weight is 538 g/mol. The van der Waals surface area contributed by atoms with Crippen molar-refractivity contribution in [3.63, 3.8) is 0 Å². The zero-order chi connectivity index (χ0) is 30.0. The van der Waals surface area contributed by atoms with Gasteiger partial charge in [-0.25, -0.2) is 0 Å². The van der Waals surface area contributed by atoms with Gasteiger partial charge in [-0.15, -0.1) is 0 Å². The molecule has 0 aliphatic heterocycles. The molecule has 0 aliphatic rings. The molecule has 0 saturated carbocycles. The van der Waals surface area contributed by atoms with Crippen molar-refractivity contribution in [2.75, 3.05) is 0 Å². The Morgan fingerprint density at radius 2 is 1.71 bits per heavy atom. The van der Waals surface area contributed by atoms with Gasteiger partial charge >= 0.3 is 6.18 Å². The number of carbonyl (C=O) groups excluding carboxylic acids is 1. The number of aromatic nitrogens is 2. The van der Waals surface area contributed by atoms with Gasteiger partial charge in [-0.05, 0) is 54.7 Å². The number of nitrogens with one attached hydrogen (secondary N) is 1. The SMILES string of the molecule is C=C(/C=C(\C)C(F)(F)F)c1cccnc1.CC.CC.CCCCCC(C)C.Cc1ccc(CNC=O)nc1. The van der Waals surface area contributed by atoms with E-state index in [0.29, 0.717) is 24.1 Å². The molecule has 2 rings (SSSR count). The zero-order valence-electron chi connectivity index (χ0n) is 25.0. The number of rotatable bonds is 9. The van der Waals surface area contributed by atoms with Gasteiger partial charge < -0.3 is 5.32 Å². The summed E-state index contributed by atoms with van der Waals surface area (Å²) in [5.41, 5.74) is 2.22. The quantitative estimate of drug-likeness (QED) is 0.197. The molecule has 4 nitrogen and oxygen atoms in total. The van der Waals surface area contributed by atoms with Crippen LogP contribution in [0, 0.1) is 12.8 Å². The van der Waals surface area contributed by atoms with Gasteiger partial charge in [-0.3, -0.25) is 14.8 Å². The fourth-order valence-electron chi connectivity index (χ4n) is 2.53. The van der Waals surface area contributed by atoms with E-state index >= 15 is 0 Å². The van der Waals surface area contributed by atoms with Crippen molar-refractivity contribution in [1.82, 2.24) is 15.3 Å². The van der Waals surface area contributed by atoms with Gasteiger partial charge in [0.1, 0.15) is 0 Å². The van der Waals surface area contributed by atoms with Gasteiger partial charge in [0.2, 0.25) is 6.41 Å². The molecule has 0 saturated heterocycles. The van der Waals surface area contributed by atoms with Crippen LogP contribution < -0.4 is 5.32 Å². The molecule has 2 aromatic rings. The molecule has 2 heterocycles. The number of hydrogen-bond acceptors (Lipinski definition) is 3. The third kappa shape index (κ3) is 23.4. The van der Waals surface area contributed by atoms with E-state index < -0.39 is 11.7 Å². The number of allylic oxidation sites excluding steroid dienone is 3. The van der Waals surface area contributed by atoms with Crippen molar-refractivity contribution < 1.29 is 18.0 Å². The molecule has 0 bridgehead atoms. The molecule has 0 atom stereocenters. The lowest BCUT2D eigenvalue weighted by Gasteiger charge is -2.07. The second-order valence-corrected chi connectivity index (χ2v) is 8.31. The van der Waals surface area contributed by atoms with Gasteiger partial charge in [0, 0.05) is 24.2 Å². The molecular weight excluding hydrogens is 487 g/mol. The normalized spacial score (nSPS) is 10.2. The summed E-state index contributed by atoms with van der Waals surface area (Å²) >= 11 is 0. The molecule has 38 heavy (non-hydrogen) atoms. The van der Waals surface area contributed by atoms with Crippen molar-refractivity contribution in [2.45, 2.75) is 101 Å². The van der Waals surface area contributed by atoms with Crippen molar-refractivity contribution in [1.29, 1.82) is 0 Å². The summed E-state index contributed by atoms with van der Waals surface area (Å²) in [6, 6.07) is 7.17. The van der Waals surface area contributed by atoms with E-state index in [2.05, 4.69) is 42.6 Å². The molecule has 7 heteroatoms. The minimum absolute atomic E-state index is 0.304. The minimum Gasteiger partial charge on any atom is -0.353 e. The summed E-state index contributed by atoms with van der Waals surface area (Å²) in [6.45, 7) is 21.9. The number of pyridine rings is 2. The summed E-state index contributed by atoms with van der Waals surface area (Å²) in [6.07, 6.45) is 7.79. The lowest BCUT2D eigenvalue weighted by molar-refractivity contribution is -0.109. The lowest BCUT2D eigenvalue weighted by Crippen LogP contribution is -2.10. The fraction of sp³-hybridized carbons (Fsp3) is 0.516. The molecule has 0 fully saturated rings. The van der Waals surface area contributed by atoms with E-state index in [1.807, 2.05) is 46.8 Å². The Balaban J connectivity index is -0.000000472. The first-order valence-corrected chi connectivity index (χ1v) is 13.4. The molecule has 0 aromatic carbocycles. The first kappa shape index (κ1) is 39.6. The Bertz CT molecular complexity index is 847. The highest BCUT2D eigenvalue weighted by molar-refractivity contribution is 5.72. The Morgan fingerprint density at radius 3 is 2.13 bits per heavy atom. The molecule has 0 spiro atoms. The first-order chi connectivity index (χ1) is 18.0. The minimum atomic E-state index is -4.30. The maximum atomic E-state index is 12.2. The van der Waals surface area contributed by atoms with Crippen LogP contribution in [0.2, 0.25) is 0 Å². The van der Waals surface area contributed by atoms with Crippen LogP contribution in [0.1, 0.15) is 97.9 Å². The van der Waals surface area contributed by atoms with E-state index in [-0.39, 0.29) is 0 Å². The molecule has 216 valence electrons. The van der Waals surface area contributed by atoms with Gasteiger partial charge in [0.05, 0.1) is 12.2 Å². The number of unbranched alkanes of at least 4 members (excludes halogenated alkanes) is 2.